The predicted octanol–water partition coefficient (Wildman–Crippen LogP) is 1.68. The van der Waals surface area contributed by atoms with Crippen LogP contribution in [0.5, 0.6) is 5.75 Å². The van der Waals surface area contributed by atoms with Crippen LogP contribution in [0.3, 0.4) is 0 Å². The van der Waals surface area contributed by atoms with Crippen molar-refractivity contribution < 1.29 is 8.95 Å². The van der Waals surface area contributed by atoms with Crippen molar-refractivity contribution in [3.8, 4) is 5.75 Å². The summed E-state index contributed by atoms with van der Waals surface area (Å²) in [7, 11) is 0.662. The fourth-order valence-electron chi connectivity index (χ4n) is 1.46. The molecule has 1 aromatic carbocycles. The number of para-hydroxylation sites is 1. The Balaban J connectivity index is 2.70. The maximum atomic E-state index is 11.9. The highest BCUT2D eigenvalue weighted by molar-refractivity contribution is 7.84. The fourth-order valence-corrected chi connectivity index (χ4v) is 2.98. The Morgan fingerprint density at radius 1 is 1.38 bits per heavy atom. The molecule has 90 valence electrons. The fraction of sp³-hybridized carbons (Fsp3) is 0.500. The van der Waals surface area contributed by atoms with Gasteiger partial charge in [-0.2, -0.15) is 0 Å². The van der Waals surface area contributed by atoms with Gasteiger partial charge < -0.3 is 10.5 Å². The van der Waals surface area contributed by atoms with Gasteiger partial charge in [0, 0.05) is 27.7 Å². The average molecular weight is 241 g/mol. The van der Waals surface area contributed by atoms with Gasteiger partial charge in [0.05, 0.1) is 12.9 Å². The summed E-state index contributed by atoms with van der Waals surface area (Å²) in [4.78, 5) is 0. The Hall–Kier alpha value is -0.870. The molecule has 1 atom stereocenters. The van der Waals surface area contributed by atoms with Gasteiger partial charge in [0.1, 0.15) is 5.75 Å². The summed E-state index contributed by atoms with van der Waals surface area (Å²) in [6.45, 7) is 3.76. The first-order valence-corrected chi connectivity index (χ1v) is 6.67. The molecule has 2 N–H and O–H groups in total. The van der Waals surface area contributed by atoms with Crippen LogP contribution < -0.4 is 10.5 Å². The first-order chi connectivity index (χ1) is 7.42. The van der Waals surface area contributed by atoms with Gasteiger partial charge in [-0.3, -0.25) is 4.21 Å². The van der Waals surface area contributed by atoms with E-state index in [1.165, 1.54) is 0 Å². The monoisotopic (exact) mass is 241 g/mol. The molecule has 0 aliphatic rings. The highest BCUT2D eigenvalue weighted by Crippen LogP contribution is 2.19. The van der Waals surface area contributed by atoms with Crippen molar-refractivity contribution in [2.24, 2.45) is 5.73 Å². The van der Waals surface area contributed by atoms with E-state index in [9.17, 15) is 4.21 Å². The van der Waals surface area contributed by atoms with Crippen LogP contribution in [-0.4, -0.2) is 22.6 Å². The number of nitrogens with two attached hydrogens (primary N) is 1. The molecule has 0 aromatic heterocycles. The van der Waals surface area contributed by atoms with Crippen molar-refractivity contribution in [2.75, 3.05) is 12.9 Å². The van der Waals surface area contributed by atoms with E-state index in [-0.39, 0.29) is 0 Å². The minimum atomic E-state index is -0.957. The van der Waals surface area contributed by atoms with Crippen LogP contribution in [0.25, 0.3) is 0 Å². The summed E-state index contributed by atoms with van der Waals surface area (Å²) in [6, 6.07) is 7.63. The van der Waals surface area contributed by atoms with Crippen LogP contribution in [-0.2, 0) is 16.6 Å². The Labute approximate surface area is 99.4 Å². The van der Waals surface area contributed by atoms with E-state index < -0.39 is 16.3 Å². The summed E-state index contributed by atoms with van der Waals surface area (Å²) in [5, 5.41) is 0. The highest BCUT2D eigenvalue weighted by Gasteiger charge is 2.16. The van der Waals surface area contributed by atoms with E-state index in [2.05, 4.69) is 0 Å². The van der Waals surface area contributed by atoms with Gasteiger partial charge in [0.2, 0.25) is 0 Å². The van der Waals surface area contributed by atoms with E-state index in [0.29, 0.717) is 11.5 Å². The van der Waals surface area contributed by atoms with E-state index in [1.807, 2.05) is 38.1 Å². The molecule has 0 bridgehead atoms. The minimum Gasteiger partial charge on any atom is -0.496 e. The van der Waals surface area contributed by atoms with Gasteiger partial charge in [0.15, 0.2) is 0 Å². The average Bonchev–Trinajstić information content (AvgIpc) is 2.15. The zero-order valence-electron chi connectivity index (χ0n) is 10.0. The number of rotatable bonds is 5. The summed E-state index contributed by atoms with van der Waals surface area (Å²) in [5.74, 6) is 1.76. The minimum absolute atomic E-state index is 0.396. The molecule has 1 unspecified atom stereocenters. The Kier molecular flexibility index (Phi) is 4.50. The molecule has 0 aliphatic heterocycles. The van der Waals surface area contributed by atoms with Crippen molar-refractivity contribution in [1.82, 2.24) is 0 Å². The van der Waals surface area contributed by atoms with Gasteiger partial charge in [-0.15, -0.1) is 0 Å². The quantitative estimate of drug-likeness (QED) is 0.853. The number of methoxy groups -OCH3 is 1. The highest BCUT2D eigenvalue weighted by atomic mass is 32.2. The third-order valence-corrected chi connectivity index (χ3v) is 3.74. The van der Waals surface area contributed by atoms with Crippen molar-refractivity contribution >= 4 is 10.8 Å². The number of hydrogen-bond acceptors (Lipinski definition) is 3. The van der Waals surface area contributed by atoms with Crippen LogP contribution in [0.1, 0.15) is 19.4 Å². The normalized spacial score (nSPS) is 13.5. The third-order valence-electron chi connectivity index (χ3n) is 2.04. The van der Waals surface area contributed by atoms with Crippen LogP contribution in [0.2, 0.25) is 0 Å². The largest absolute Gasteiger partial charge is 0.496 e. The molecule has 16 heavy (non-hydrogen) atoms. The van der Waals surface area contributed by atoms with Gasteiger partial charge in [-0.1, -0.05) is 18.2 Å². The number of ether oxygens (including phenoxy) is 1. The molecular formula is C12H19NO2S. The molecule has 4 heteroatoms. The summed E-state index contributed by atoms with van der Waals surface area (Å²) in [5.41, 5.74) is 6.41. The predicted molar refractivity (Wildman–Crippen MR) is 68.0 cm³/mol. The molecule has 0 saturated heterocycles. The molecule has 0 radical (unpaired) electrons. The van der Waals surface area contributed by atoms with Crippen molar-refractivity contribution in [1.29, 1.82) is 0 Å². The van der Waals surface area contributed by atoms with Gasteiger partial charge in [-0.05, 0) is 19.9 Å². The molecule has 0 saturated carbocycles. The van der Waals surface area contributed by atoms with Crippen molar-refractivity contribution in [3.05, 3.63) is 29.8 Å². The Morgan fingerprint density at radius 3 is 2.56 bits per heavy atom. The van der Waals surface area contributed by atoms with E-state index in [1.54, 1.807) is 7.11 Å². The summed E-state index contributed by atoms with van der Waals surface area (Å²) in [6.07, 6.45) is 0. The van der Waals surface area contributed by atoms with Crippen LogP contribution in [0.4, 0.5) is 0 Å². The van der Waals surface area contributed by atoms with E-state index in [0.717, 1.165) is 11.3 Å². The lowest BCUT2D eigenvalue weighted by atomic mass is 10.1. The van der Waals surface area contributed by atoms with E-state index in [4.69, 9.17) is 10.5 Å². The summed E-state index contributed by atoms with van der Waals surface area (Å²) >= 11 is 0. The molecule has 1 rings (SSSR count). The number of hydrogen-bond donors (Lipinski definition) is 1. The molecular weight excluding hydrogens is 222 g/mol. The van der Waals surface area contributed by atoms with Crippen LogP contribution >= 0.6 is 0 Å². The molecule has 0 spiro atoms. The second-order valence-electron chi connectivity index (χ2n) is 4.53. The second kappa shape index (κ2) is 5.46. The molecule has 0 aliphatic carbocycles. The Morgan fingerprint density at radius 2 is 2.00 bits per heavy atom. The van der Waals surface area contributed by atoms with Gasteiger partial charge in [0.25, 0.3) is 0 Å². The third kappa shape index (κ3) is 4.33. The molecule has 0 fully saturated rings. The first-order valence-electron chi connectivity index (χ1n) is 5.18. The lowest BCUT2D eigenvalue weighted by Crippen LogP contribution is -2.38. The second-order valence-corrected chi connectivity index (χ2v) is 5.99. The van der Waals surface area contributed by atoms with Gasteiger partial charge >= 0.3 is 0 Å². The lowest BCUT2D eigenvalue weighted by molar-refractivity contribution is 0.411. The molecule has 3 nitrogen and oxygen atoms in total. The molecule has 0 heterocycles. The zero-order valence-corrected chi connectivity index (χ0v) is 10.8. The molecule has 1 aromatic rings. The van der Waals surface area contributed by atoms with Crippen molar-refractivity contribution in [2.45, 2.75) is 25.1 Å². The zero-order chi connectivity index (χ0) is 12.2. The van der Waals surface area contributed by atoms with Crippen molar-refractivity contribution in [3.63, 3.8) is 0 Å². The standard InChI is InChI=1S/C12H19NO2S/c1-12(2,13)9-16(14)8-10-6-4-5-7-11(10)15-3/h4-7H,8-9,13H2,1-3H3. The Bertz CT molecular complexity index is 372. The topological polar surface area (TPSA) is 52.3 Å². The summed E-state index contributed by atoms with van der Waals surface area (Å²) < 4.78 is 17.1. The van der Waals surface area contributed by atoms with Crippen LogP contribution in [0, 0.1) is 0 Å². The maximum absolute atomic E-state index is 11.9. The SMILES string of the molecule is COc1ccccc1CS(=O)CC(C)(C)N. The maximum Gasteiger partial charge on any atom is 0.122 e. The number of benzene rings is 1. The first kappa shape index (κ1) is 13.2. The van der Waals surface area contributed by atoms with Crippen LogP contribution in [0.15, 0.2) is 24.3 Å². The molecule has 0 amide bonds. The smallest absolute Gasteiger partial charge is 0.122 e. The van der Waals surface area contributed by atoms with Gasteiger partial charge in [-0.25, -0.2) is 0 Å². The lowest BCUT2D eigenvalue weighted by Gasteiger charge is -2.17. The van der Waals surface area contributed by atoms with E-state index >= 15 is 0 Å².